The second-order valence-corrected chi connectivity index (χ2v) is 2.10. The molecule has 0 spiro atoms. The number of hydrogen-bond acceptors (Lipinski definition) is 2. The largest absolute Gasteiger partial charge is 0.378 e. The summed E-state index contributed by atoms with van der Waals surface area (Å²) < 4.78 is 0. The molecule has 0 bridgehead atoms. The molecule has 2 nitrogen and oxygen atoms in total. The SMILES string of the molecule is CN1CCC[C@@H]1O. The van der Waals surface area contributed by atoms with Gasteiger partial charge >= 0.3 is 0 Å². The van der Waals surface area contributed by atoms with Gasteiger partial charge in [-0.05, 0) is 19.9 Å². The van der Waals surface area contributed by atoms with E-state index < -0.39 is 0 Å². The summed E-state index contributed by atoms with van der Waals surface area (Å²) in [6.45, 7) is 1.06. The number of aliphatic hydroxyl groups excluding tert-OH is 1. The zero-order valence-electron chi connectivity index (χ0n) is 4.59. The Bertz CT molecular complexity index is 57.1. The summed E-state index contributed by atoms with van der Waals surface area (Å²) in [7, 11) is 1.94. The number of likely N-dealkylation sites (tertiary alicyclic amines) is 1. The molecule has 0 radical (unpaired) electrons. The monoisotopic (exact) mass is 101 g/mol. The van der Waals surface area contributed by atoms with Crippen LogP contribution in [0.1, 0.15) is 12.8 Å². The first-order valence-electron chi connectivity index (χ1n) is 2.69. The molecule has 1 fully saturated rings. The molecule has 1 atom stereocenters. The quantitative estimate of drug-likeness (QED) is 0.465. The van der Waals surface area contributed by atoms with E-state index >= 15 is 0 Å². The average Bonchev–Trinajstić information content (AvgIpc) is 1.91. The number of nitrogens with zero attached hydrogens (tertiary/aromatic N) is 1. The second-order valence-electron chi connectivity index (χ2n) is 2.10. The summed E-state index contributed by atoms with van der Waals surface area (Å²) in [6.07, 6.45) is 1.95. The Labute approximate surface area is 43.7 Å². The molecule has 0 aliphatic carbocycles. The smallest absolute Gasteiger partial charge is 0.107 e. The van der Waals surface area contributed by atoms with Crippen LogP contribution in [0.15, 0.2) is 0 Å². The first-order chi connectivity index (χ1) is 3.30. The molecule has 0 unspecified atom stereocenters. The molecule has 2 heteroatoms. The summed E-state index contributed by atoms with van der Waals surface area (Å²) in [5.74, 6) is 0. The van der Waals surface area contributed by atoms with Crippen LogP contribution in [-0.2, 0) is 0 Å². The van der Waals surface area contributed by atoms with Crippen LogP contribution < -0.4 is 0 Å². The lowest BCUT2D eigenvalue weighted by atomic mass is 10.4. The molecule has 0 aromatic carbocycles. The van der Waals surface area contributed by atoms with Gasteiger partial charge in [-0.15, -0.1) is 0 Å². The van der Waals surface area contributed by atoms with Gasteiger partial charge < -0.3 is 5.11 Å². The average molecular weight is 101 g/mol. The van der Waals surface area contributed by atoms with Gasteiger partial charge in [0.2, 0.25) is 0 Å². The maximum atomic E-state index is 8.92. The zero-order chi connectivity index (χ0) is 5.28. The molecule has 1 aliphatic rings. The molecular weight excluding hydrogens is 90.1 g/mol. The van der Waals surface area contributed by atoms with Gasteiger partial charge in [-0.2, -0.15) is 0 Å². The zero-order valence-corrected chi connectivity index (χ0v) is 4.59. The maximum Gasteiger partial charge on any atom is 0.107 e. The van der Waals surface area contributed by atoms with Crippen LogP contribution >= 0.6 is 0 Å². The third kappa shape index (κ3) is 0.924. The Morgan fingerprint density at radius 3 is 2.57 bits per heavy atom. The van der Waals surface area contributed by atoms with Crippen LogP contribution in [0.5, 0.6) is 0 Å². The minimum atomic E-state index is -0.153. The lowest BCUT2D eigenvalue weighted by molar-refractivity contribution is 0.0574. The van der Waals surface area contributed by atoms with Crippen LogP contribution in [-0.4, -0.2) is 29.8 Å². The van der Waals surface area contributed by atoms with Gasteiger partial charge in [0, 0.05) is 6.54 Å². The highest BCUT2D eigenvalue weighted by Crippen LogP contribution is 2.10. The number of aliphatic hydroxyl groups is 1. The van der Waals surface area contributed by atoms with E-state index in [9.17, 15) is 0 Å². The first-order valence-corrected chi connectivity index (χ1v) is 2.69. The highest BCUT2D eigenvalue weighted by Gasteiger charge is 2.16. The Morgan fingerprint density at radius 2 is 2.43 bits per heavy atom. The van der Waals surface area contributed by atoms with Crippen molar-refractivity contribution in [2.45, 2.75) is 19.1 Å². The van der Waals surface area contributed by atoms with E-state index in [1.807, 2.05) is 11.9 Å². The van der Waals surface area contributed by atoms with E-state index in [2.05, 4.69) is 0 Å². The minimum Gasteiger partial charge on any atom is -0.378 e. The minimum absolute atomic E-state index is 0.153. The molecule has 7 heavy (non-hydrogen) atoms. The van der Waals surface area contributed by atoms with E-state index in [4.69, 9.17) is 5.11 Å². The van der Waals surface area contributed by atoms with Gasteiger partial charge in [0.15, 0.2) is 0 Å². The summed E-state index contributed by atoms with van der Waals surface area (Å²) in [5.41, 5.74) is 0. The highest BCUT2D eigenvalue weighted by atomic mass is 16.3. The van der Waals surface area contributed by atoms with Gasteiger partial charge in [-0.3, -0.25) is 4.90 Å². The fourth-order valence-corrected chi connectivity index (χ4v) is 0.893. The fraction of sp³-hybridized carbons (Fsp3) is 1.00. The number of hydrogen-bond donors (Lipinski definition) is 1. The molecule has 0 aromatic heterocycles. The van der Waals surface area contributed by atoms with E-state index in [-0.39, 0.29) is 6.23 Å². The second kappa shape index (κ2) is 1.80. The summed E-state index contributed by atoms with van der Waals surface area (Å²) >= 11 is 0. The Hall–Kier alpha value is -0.0800. The van der Waals surface area contributed by atoms with Crippen LogP contribution in [0.4, 0.5) is 0 Å². The maximum absolute atomic E-state index is 8.92. The molecule has 1 saturated heterocycles. The lowest BCUT2D eigenvalue weighted by Crippen LogP contribution is -2.23. The Morgan fingerprint density at radius 1 is 1.71 bits per heavy atom. The topological polar surface area (TPSA) is 23.5 Å². The van der Waals surface area contributed by atoms with E-state index in [0.717, 1.165) is 19.4 Å². The standard InChI is InChI=1S/C5H11NO/c1-6-4-2-3-5(6)7/h5,7H,2-4H2,1H3/t5-/m0/s1. The predicted molar refractivity (Wildman–Crippen MR) is 27.9 cm³/mol. The molecule has 0 saturated carbocycles. The van der Waals surface area contributed by atoms with Crippen molar-refractivity contribution in [1.29, 1.82) is 0 Å². The van der Waals surface area contributed by atoms with Crippen LogP contribution in [0, 0.1) is 0 Å². The van der Waals surface area contributed by atoms with Crippen molar-refractivity contribution < 1.29 is 5.11 Å². The Balaban J connectivity index is 2.33. The van der Waals surface area contributed by atoms with Gasteiger partial charge in [0.05, 0.1) is 0 Å². The number of rotatable bonds is 0. The van der Waals surface area contributed by atoms with Crippen molar-refractivity contribution in [2.24, 2.45) is 0 Å². The van der Waals surface area contributed by atoms with E-state index in [1.165, 1.54) is 0 Å². The summed E-state index contributed by atoms with van der Waals surface area (Å²) in [4.78, 5) is 1.96. The van der Waals surface area contributed by atoms with Crippen molar-refractivity contribution in [3.8, 4) is 0 Å². The lowest BCUT2D eigenvalue weighted by Gasteiger charge is -2.10. The Kier molecular flexibility index (Phi) is 1.30. The van der Waals surface area contributed by atoms with Crippen LogP contribution in [0.25, 0.3) is 0 Å². The van der Waals surface area contributed by atoms with Gasteiger partial charge in [0.1, 0.15) is 6.23 Å². The van der Waals surface area contributed by atoms with Crippen molar-refractivity contribution in [3.63, 3.8) is 0 Å². The molecule has 42 valence electrons. The molecular formula is C5H11NO. The normalized spacial score (nSPS) is 34.3. The van der Waals surface area contributed by atoms with Crippen LogP contribution in [0.2, 0.25) is 0 Å². The summed E-state index contributed by atoms with van der Waals surface area (Å²) in [6, 6.07) is 0. The van der Waals surface area contributed by atoms with Gasteiger partial charge in [-0.1, -0.05) is 0 Å². The third-order valence-electron chi connectivity index (χ3n) is 1.48. The van der Waals surface area contributed by atoms with Crippen molar-refractivity contribution >= 4 is 0 Å². The third-order valence-corrected chi connectivity index (χ3v) is 1.48. The van der Waals surface area contributed by atoms with Crippen molar-refractivity contribution in [3.05, 3.63) is 0 Å². The molecule has 1 aliphatic heterocycles. The summed E-state index contributed by atoms with van der Waals surface area (Å²) in [5, 5.41) is 8.92. The fourth-order valence-electron chi connectivity index (χ4n) is 0.893. The van der Waals surface area contributed by atoms with Gasteiger partial charge in [0.25, 0.3) is 0 Å². The van der Waals surface area contributed by atoms with Gasteiger partial charge in [-0.25, -0.2) is 0 Å². The first kappa shape index (κ1) is 5.06. The predicted octanol–water partition coefficient (Wildman–Crippen LogP) is 0.0304. The van der Waals surface area contributed by atoms with Crippen molar-refractivity contribution in [2.75, 3.05) is 13.6 Å². The highest BCUT2D eigenvalue weighted by molar-refractivity contribution is 4.64. The molecule has 0 aromatic rings. The van der Waals surface area contributed by atoms with E-state index in [1.54, 1.807) is 0 Å². The van der Waals surface area contributed by atoms with E-state index in [0.29, 0.717) is 0 Å². The molecule has 1 rings (SSSR count). The van der Waals surface area contributed by atoms with Crippen LogP contribution in [0.3, 0.4) is 0 Å². The van der Waals surface area contributed by atoms with Crippen molar-refractivity contribution in [1.82, 2.24) is 4.90 Å². The molecule has 1 heterocycles. The molecule has 1 N–H and O–H groups in total. The molecule has 0 amide bonds.